The standard InChI is InChI=1S/C25H21F6NO2/c26-18-10-17(11-20(13-18)34-25(30,31)23(28)29)24(32,14-15-4-2-1-3-5-15)16-6-9-21(27)22(12-16)33-19-7-8-19/h1-6,9-13,19,23H,7-8,14,32H2/t24-/m1/s1. The zero-order chi connectivity index (χ0) is 24.5. The molecule has 1 fully saturated rings. The van der Waals surface area contributed by atoms with E-state index < -0.39 is 35.5 Å². The average Bonchev–Trinajstić information content (AvgIpc) is 3.59. The Bertz CT molecular complexity index is 1150. The van der Waals surface area contributed by atoms with Crippen molar-refractivity contribution in [2.24, 2.45) is 5.73 Å². The number of rotatable bonds is 9. The number of ether oxygens (including phenoxy) is 2. The first-order valence-corrected chi connectivity index (χ1v) is 10.5. The van der Waals surface area contributed by atoms with Crippen LogP contribution < -0.4 is 15.2 Å². The topological polar surface area (TPSA) is 44.5 Å². The largest absolute Gasteiger partial charge is 0.487 e. The van der Waals surface area contributed by atoms with Crippen LogP contribution in [0.3, 0.4) is 0 Å². The molecule has 1 aliphatic rings. The van der Waals surface area contributed by atoms with Gasteiger partial charge in [0.2, 0.25) is 0 Å². The first-order chi connectivity index (χ1) is 16.1. The van der Waals surface area contributed by atoms with Crippen molar-refractivity contribution in [2.45, 2.75) is 43.4 Å². The molecule has 0 radical (unpaired) electrons. The second-order valence-electron chi connectivity index (χ2n) is 8.24. The van der Waals surface area contributed by atoms with Crippen molar-refractivity contribution < 1.29 is 35.8 Å². The maximum atomic E-state index is 14.5. The van der Waals surface area contributed by atoms with Crippen molar-refractivity contribution >= 4 is 0 Å². The second kappa shape index (κ2) is 9.21. The first kappa shape index (κ1) is 23.9. The van der Waals surface area contributed by atoms with Crippen LogP contribution in [0.2, 0.25) is 0 Å². The third kappa shape index (κ3) is 5.30. The van der Waals surface area contributed by atoms with Gasteiger partial charge in [0.15, 0.2) is 11.6 Å². The smallest absolute Gasteiger partial charge is 0.461 e. The predicted molar refractivity (Wildman–Crippen MR) is 113 cm³/mol. The summed E-state index contributed by atoms with van der Waals surface area (Å²) in [5, 5.41) is 0. The number of alkyl halides is 4. The Balaban J connectivity index is 1.81. The van der Waals surface area contributed by atoms with Crippen LogP contribution >= 0.6 is 0 Å². The fraction of sp³-hybridized carbons (Fsp3) is 0.280. The molecule has 0 aromatic heterocycles. The molecule has 2 N–H and O–H groups in total. The van der Waals surface area contributed by atoms with Gasteiger partial charge in [0, 0.05) is 6.07 Å². The highest BCUT2D eigenvalue weighted by Crippen LogP contribution is 2.38. The Kier molecular flexibility index (Phi) is 6.49. The van der Waals surface area contributed by atoms with Gasteiger partial charge in [-0.2, -0.15) is 17.6 Å². The lowest BCUT2D eigenvalue weighted by molar-refractivity contribution is -0.253. The molecule has 1 atom stereocenters. The average molecular weight is 481 g/mol. The Morgan fingerprint density at radius 2 is 1.62 bits per heavy atom. The van der Waals surface area contributed by atoms with E-state index in [1.807, 2.05) is 0 Å². The summed E-state index contributed by atoms with van der Waals surface area (Å²) in [7, 11) is 0. The fourth-order valence-electron chi connectivity index (χ4n) is 3.61. The molecule has 0 unspecified atom stereocenters. The van der Waals surface area contributed by atoms with Crippen molar-refractivity contribution in [3.63, 3.8) is 0 Å². The molecule has 0 spiro atoms. The molecule has 0 bridgehead atoms. The van der Waals surface area contributed by atoms with Gasteiger partial charge in [0.05, 0.1) is 11.6 Å². The fourth-order valence-corrected chi connectivity index (χ4v) is 3.61. The van der Waals surface area contributed by atoms with Crippen LogP contribution in [0.15, 0.2) is 66.7 Å². The molecule has 3 nitrogen and oxygen atoms in total. The van der Waals surface area contributed by atoms with E-state index >= 15 is 0 Å². The zero-order valence-electron chi connectivity index (χ0n) is 17.8. The van der Waals surface area contributed by atoms with Crippen LogP contribution in [-0.2, 0) is 12.0 Å². The third-order valence-electron chi connectivity index (χ3n) is 5.48. The Morgan fingerprint density at radius 3 is 2.26 bits per heavy atom. The predicted octanol–water partition coefficient (Wildman–Crippen LogP) is 6.19. The molecule has 180 valence electrons. The lowest BCUT2D eigenvalue weighted by Gasteiger charge is -2.32. The Morgan fingerprint density at radius 1 is 0.912 bits per heavy atom. The van der Waals surface area contributed by atoms with Crippen molar-refractivity contribution in [3.8, 4) is 11.5 Å². The summed E-state index contributed by atoms with van der Waals surface area (Å²) in [5.41, 5.74) is 6.19. The molecule has 3 aromatic rings. The minimum absolute atomic E-state index is 0.0274. The minimum Gasteiger partial charge on any atom is -0.487 e. The van der Waals surface area contributed by atoms with Crippen molar-refractivity contribution in [2.75, 3.05) is 0 Å². The van der Waals surface area contributed by atoms with Crippen molar-refractivity contribution in [1.82, 2.24) is 0 Å². The number of hydrogen-bond donors (Lipinski definition) is 1. The summed E-state index contributed by atoms with van der Waals surface area (Å²) in [5.74, 6) is -2.49. The van der Waals surface area contributed by atoms with E-state index in [1.54, 1.807) is 30.3 Å². The number of hydrogen-bond acceptors (Lipinski definition) is 3. The van der Waals surface area contributed by atoms with E-state index in [-0.39, 0.29) is 23.8 Å². The van der Waals surface area contributed by atoms with Crippen LogP contribution in [0.5, 0.6) is 11.5 Å². The van der Waals surface area contributed by atoms with Gasteiger partial charge < -0.3 is 15.2 Å². The third-order valence-corrected chi connectivity index (χ3v) is 5.48. The lowest BCUT2D eigenvalue weighted by Crippen LogP contribution is -2.41. The van der Waals surface area contributed by atoms with Crippen LogP contribution in [-0.4, -0.2) is 18.6 Å². The molecule has 3 aromatic carbocycles. The quantitative estimate of drug-likeness (QED) is 0.371. The van der Waals surface area contributed by atoms with E-state index in [9.17, 15) is 26.3 Å². The van der Waals surface area contributed by atoms with Gasteiger partial charge >= 0.3 is 12.5 Å². The van der Waals surface area contributed by atoms with Crippen LogP contribution in [0.25, 0.3) is 0 Å². The Labute approximate surface area is 192 Å². The summed E-state index contributed by atoms with van der Waals surface area (Å²) in [6.07, 6.45) is -7.45. The van der Waals surface area contributed by atoms with Crippen LogP contribution in [0, 0.1) is 11.6 Å². The summed E-state index contributed by atoms with van der Waals surface area (Å²) in [4.78, 5) is 0. The van der Waals surface area contributed by atoms with Gasteiger partial charge in [-0.3, -0.25) is 0 Å². The van der Waals surface area contributed by atoms with Gasteiger partial charge in [-0.05, 0) is 60.2 Å². The van der Waals surface area contributed by atoms with Gasteiger partial charge in [0.1, 0.15) is 11.6 Å². The van der Waals surface area contributed by atoms with Crippen LogP contribution in [0.1, 0.15) is 29.5 Å². The number of nitrogens with two attached hydrogens (primary N) is 1. The SMILES string of the molecule is N[C@@](Cc1ccccc1)(c1cc(F)cc(OC(F)(F)C(F)F)c1)c1ccc(F)c(OC2CC2)c1. The highest BCUT2D eigenvalue weighted by Gasteiger charge is 2.44. The molecule has 9 heteroatoms. The second-order valence-corrected chi connectivity index (χ2v) is 8.24. The minimum atomic E-state index is -4.83. The number of benzene rings is 3. The molecule has 0 aliphatic heterocycles. The monoisotopic (exact) mass is 481 g/mol. The highest BCUT2D eigenvalue weighted by molar-refractivity contribution is 5.46. The molecule has 0 saturated heterocycles. The van der Waals surface area contributed by atoms with Crippen LogP contribution in [0.4, 0.5) is 26.3 Å². The van der Waals surface area contributed by atoms with Gasteiger partial charge in [-0.25, -0.2) is 8.78 Å². The van der Waals surface area contributed by atoms with E-state index in [1.165, 1.54) is 12.1 Å². The normalized spacial score (nSPS) is 15.8. The molecule has 34 heavy (non-hydrogen) atoms. The maximum Gasteiger partial charge on any atom is 0.461 e. The van der Waals surface area contributed by atoms with E-state index in [2.05, 4.69) is 4.74 Å². The summed E-state index contributed by atoms with van der Waals surface area (Å²) in [6, 6.07) is 15.3. The molecule has 1 aliphatic carbocycles. The molecular formula is C25H21F6NO2. The molecule has 4 rings (SSSR count). The molecule has 1 saturated carbocycles. The summed E-state index contributed by atoms with van der Waals surface area (Å²) in [6.45, 7) is 0. The van der Waals surface area contributed by atoms with E-state index in [0.717, 1.165) is 31.0 Å². The van der Waals surface area contributed by atoms with Gasteiger partial charge in [-0.15, -0.1) is 0 Å². The summed E-state index contributed by atoms with van der Waals surface area (Å²) >= 11 is 0. The molecule has 0 amide bonds. The maximum absolute atomic E-state index is 14.5. The van der Waals surface area contributed by atoms with E-state index in [0.29, 0.717) is 17.2 Å². The van der Waals surface area contributed by atoms with E-state index in [4.69, 9.17) is 10.5 Å². The summed E-state index contributed by atoms with van der Waals surface area (Å²) < 4.78 is 90.8. The number of halogens is 6. The molecule has 0 heterocycles. The molecular weight excluding hydrogens is 460 g/mol. The lowest BCUT2D eigenvalue weighted by atomic mass is 9.78. The van der Waals surface area contributed by atoms with Gasteiger partial charge in [0.25, 0.3) is 0 Å². The highest BCUT2D eigenvalue weighted by atomic mass is 19.3. The zero-order valence-corrected chi connectivity index (χ0v) is 17.8. The van der Waals surface area contributed by atoms with Gasteiger partial charge in [-0.1, -0.05) is 36.4 Å². The van der Waals surface area contributed by atoms with Crippen molar-refractivity contribution in [1.29, 1.82) is 0 Å². The Hall–Kier alpha value is -3.20. The van der Waals surface area contributed by atoms with Crippen molar-refractivity contribution in [3.05, 3.63) is 95.1 Å². The first-order valence-electron chi connectivity index (χ1n) is 10.5.